The van der Waals surface area contributed by atoms with Gasteiger partial charge in [-0.25, -0.2) is 4.39 Å². The molecule has 0 unspecified atom stereocenters. The molecule has 2 aromatic rings. The summed E-state index contributed by atoms with van der Waals surface area (Å²) in [6.07, 6.45) is 1.69. The van der Waals surface area contributed by atoms with Crippen LogP contribution in [0.1, 0.15) is 16.8 Å². The second-order valence-corrected chi connectivity index (χ2v) is 3.90. The van der Waals surface area contributed by atoms with E-state index in [4.69, 9.17) is 5.11 Å². The number of aryl methyl sites for hydroxylation is 1. The molecule has 0 bridgehead atoms. The van der Waals surface area contributed by atoms with Crippen LogP contribution in [0.2, 0.25) is 0 Å². The van der Waals surface area contributed by atoms with Crippen molar-refractivity contribution in [2.45, 2.75) is 13.5 Å². The normalized spacial score (nSPS) is 9.94. The van der Waals surface area contributed by atoms with Crippen molar-refractivity contribution in [3.8, 4) is 11.8 Å². The highest BCUT2D eigenvalue weighted by Crippen LogP contribution is 2.12. The molecule has 18 heavy (non-hydrogen) atoms. The van der Waals surface area contributed by atoms with Crippen molar-refractivity contribution in [3.05, 3.63) is 53.1 Å². The predicted molar refractivity (Wildman–Crippen MR) is 66.4 cm³/mol. The SMILES string of the molecule is Cc1ccnn1Cc1ccc(C#CCO)cc1F. The third-order valence-corrected chi connectivity index (χ3v) is 2.61. The van der Waals surface area contributed by atoms with Gasteiger partial charge in [-0.2, -0.15) is 5.10 Å². The van der Waals surface area contributed by atoms with E-state index in [1.165, 1.54) is 6.07 Å². The molecule has 1 heterocycles. The van der Waals surface area contributed by atoms with Crippen molar-refractivity contribution in [2.24, 2.45) is 0 Å². The van der Waals surface area contributed by atoms with E-state index in [9.17, 15) is 4.39 Å². The minimum atomic E-state index is -0.311. The van der Waals surface area contributed by atoms with Gasteiger partial charge in [0.15, 0.2) is 0 Å². The Kier molecular flexibility index (Phi) is 3.75. The smallest absolute Gasteiger partial charge is 0.129 e. The molecular formula is C14H13FN2O. The predicted octanol–water partition coefficient (Wildman–Crippen LogP) is 1.72. The average Bonchev–Trinajstić information content (AvgIpc) is 2.75. The third kappa shape index (κ3) is 2.76. The van der Waals surface area contributed by atoms with Gasteiger partial charge in [-0.1, -0.05) is 17.9 Å². The number of hydrogen-bond donors (Lipinski definition) is 1. The number of halogens is 1. The van der Waals surface area contributed by atoms with E-state index >= 15 is 0 Å². The summed E-state index contributed by atoms with van der Waals surface area (Å²) in [5.74, 6) is 4.85. The summed E-state index contributed by atoms with van der Waals surface area (Å²) in [4.78, 5) is 0. The summed E-state index contributed by atoms with van der Waals surface area (Å²) in [5, 5.41) is 12.7. The fourth-order valence-electron chi connectivity index (χ4n) is 1.62. The maximum absolute atomic E-state index is 13.8. The number of rotatable bonds is 2. The Morgan fingerprint density at radius 3 is 2.83 bits per heavy atom. The Balaban J connectivity index is 2.23. The molecule has 0 saturated heterocycles. The van der Waals surface area contributed by atoms with E-state index in [0.717, 1.165) is 5.69 Å². The second-order valence-electron chi connectivity index (χ2n) is 3.90. The van der Waals surface area contributed by atoms with E-state index in [1.54, 1.807) is 23.0 Å². The molecule has 0 radical (unpaired) electrons. The van der Waals surface area contributed by atoms with Gasteiger partial charge < -0.3 is 5.11 Å². The highest BCUT2D eigenvalue weighted by Gasteiger charge is 2.05. The van der Waals surface area contributed by atoms with Crippen LogP contribution in [0.15, 0.2) is 30.5 Å². The summed E-state index contributed by atoms with van der Waals surface area (Å²) in [5.41, 5.74) is 2.11. The first-order valence-corrected chi connectivity index (χ1v) is 5.57. The van der Waals surface area contributed by atoms with Gasteiger partial charge in [0.05, 0.1) is 6.54 Å². The van der Waals surface area contributed by atoms with E-state index in [-0.39, 0.29) is 12.4 Å². The van der Waals surface area contributed by atoms with Crippen LogP contribution in [0.25, 0.3) is 0 Å². The molecule has 92 valence electrons. The summed E-state index contributed by atoms with van der Waals surface area (Å²) in [6.45, 7) is 2.10. The lowest BCUT2D eigenvalue weighted by Crippen LogP contribution is -2.05. The van der Waals surface area contributed by atoms with Crippen LogP contribution in [0.4, 0.5) is 4.39 Å². The Morgan fingerprint density at radius 1 is 1.39 bits per heavy atom. The van der Waals surface area contributed by atoms with Gasteiger partial charge in [0, 0.05) is 23.0 Å². The molecule has 0 aliphatic carbocycles. The van der Waals surface area contributed by atoms with Gasteiger partial charge in [-0.3, -0.25) is 4.68 Å². The molecule has 0 atom stereocenters. The second kappa shape index (κ2) is 5.48. The number of aromatic nitrogens is 2. The number of benzene rings is 1. The zero-order chi connectivity index (χ0) is 13.0. The van der Waals surface area contributed by atoms with E-state index < -0.39 is 0 Å². The highest BCUT2D eigenvalue weighted by molar-refractivity contribution is 5.37. The van der Waals surface area contributed by atoms with Gasteiger partial charge in [0.1, 0.15) is 12.4 Å². The summed E-state index contributed by atoms with van der Waals surface area (Å²) in [6, 6.07) is 6.67. The van der Waals surface area contributed by atoms with Crippen LogP contribution in [-0.4, -0.2) is 21.5 Å². The monoisotopic (exact) mass is 244 g/mol. The molecule has 0 saturated carbocycles. The quantitative estimate of drug-likeness (QED) is 0.817. The Labute approximate surface area is 105 Å². The van der Waals surface area contributed by atoms with Crippen LogP contribution in [0, 0.1) is 24.6 Å². The van der Waals surface area contributed by atoms with Crippen molar-refractivity contribution in [2.75, 3.05) is 6.61 Å². The van der Waals surface area contributed by atoms with Crippen LogP contribution in [0.5, 0.6) is 0 Å². The lowest BCUT2D eigenvalue weighted by atomic mass is 10.1. The molecule has 1 N–H and O–H groups in total. The van der Waals surface area contributed by atoms with Gasteiger partial charge in [-0.05, 0) is 25.1 Å². The first-order chi connectivity index (χ1) is 8.70. The fraction of sp³-hybridized carbons (Fsp3) is 0.214. The largest absolute Gasteiger partial charge is 0.384 e. The van der Waals surface area contributed by atoms with Crippen LogP contribution < -0.4 is 0 Å². The molecule has 2 rings (SSSR count). The van der Waals surface area contributed by atoms with Crippen molar-refractivity contribution in [1.29, 1.82) is 0 Å². The van der Waals surface area contributed by atoms with Gasteiger partial charge in [0.25, 0.3) is 0 Å². The maximum atomic E-state index is 13.8. The standard InChI is InChI=1S/C14H13FN2O/c1-11-6-7-16-17(11)10-13-5-4-12(3-2-8-18)9-14(13)15/h4-7,9,18H,8,10H2,1H3. The number of hydrogen-bond acceptors (Lipinski definition) is 2. The Hall–Kier alpha value is -2.12. The summed E-state index contributed by atoms with van der Waals surface area (Å²) < 4.78 is 15.6. The van der Waals surface area contributed by atoms with Crippen molar-refractivity contribution in [3.63, 3.8) is 0 Å². The topological polar surface area (TPSA) is 38.0 Å². The fourth-order valence-corrected chi connectivity index (χ4v) is 1.62. The van der Waals surface area contributed by atoms with E-state index in [1.807, 2.05) is 13.0 Å². The molecule has 0 amide bonds. The minimum absolute atomic E-state index is 0.226. The van der Waals surface area contributed by atoms with Crippen LogP contribution >= 0.6 is 0 Å². The summed E-state index contributed by atoms with van der Waals surface area (Å²) in [7, 11) is 0. The molecule has 1 aromatic carbocycles. The molecule has 1 aromatic heterocycles. The van der Waals surface area contributed by atoms with Crippen molar-refractivity contribution < 1.29 is 9.50 Å². The van der Waals surface area contributed by atoms with Crippen LogP contribution in [-0.2, 0) is 6.54 Å². The van der Waals surface area contributed by atoms with E-state index in [2.05, 4.69) is 16.9 Å². The average molecular weight is 244 g/mol. The molecule has 0 spiro atoms. The number of aliphatic hydroxyl groups is 1. The Bertz CT molecular complexity index is 608. The molecule has 3 nitrogen and oxygen atoms in total. The molecular weight excluding hydrogens is 231 g/mol. The zero-order valence-corrected chi connectivity index (χ0v) is 10.0. The van der Waals surface area contributed by atoms with Gasteiger partial charge >= 0.3 is 0 Å². The van der Waals surface area contributed by atoms with Gasteiger partial charge in [-0.15, -0.1) is 0 Å². The molecule has 0 aliphatic rings. The van der Waals surface area contributed by atoms with E-state index in [0.29, 0.717) is 17.7 Å². The van der Waals surface area contributed by atoms with Crippen LogP contribution in [0.3, 0.4) is 0 Å². The molecule has 0 fully saturated rings. The molecule has 4 heteroatoms. The lowest BCUT2D eigenvalue weighted by molar-refractivity contribution is 0.350. The van der Waals surface area contributed by atoms with Crippen molar-refractivity contribution in [1.82, 2.24) is 9.78 Å². The lowest BCUT2D eigenvalue weighted by Gasteiger charge is -2.06. The number of nitrogens with zero attached hydrogens (tertiary/aromatic N) is 2. The maximum Gasteiger partial charge on any atom is 0.129 e. The first-order valence-electron chi connectivity index (χ1n) is 5.57. The number of aliphatic hydroxyl groups excluding tert-OH is 1. The van der Waals surface area contributed by atoms with Crippen molar-refractivity contribution >= 4 is 0 Å². The summed E-state index contributed by atoms with van der Waals surface area (Å²) >= 11 is 0. The Morgan fingerprint density at radius 2 is 2.22 bits per heavy atom. The first kappa shape index (κ1) is 12.3. The minimum Gasteiger partial charge on any atom is -0.384 e. The third-order valence-electron chi connectivity index (χ3n) is 2.61. The van der Waals surface area contributed by atoms with Gasteiger partial charge in [0.2, 0.25) is 0 Å². The molecule has 0 aliphatic heterocycles. The highest BCUT2D eigenvalue weighted by atomic mass is 19.1. The zero-order valence-electron chi connectivity index (χ0n) is 10.0.